The third-order valence-electron chi connectivity index (χ3n) is 1.54. The van der Waals surface area contributed by atoms with E-state index in [4.69, 9.17) is 20.4 Å². The van der Waals surface area contributed by atoms with E-state index in [1.807, 2.05) is 21.1 Å². The summed E-state index contributed by atoms with van der Waals surface area (Å²) in [5.41, 5.74) is 0. The number of quaternary nitrogens is 1. The van der Waals surface area contributed by atoms with Gasteiger partial charge in [-0.2, -0.15) is 0 Å². The van der Waals surface area contributed by atoms with E-state index in [9.17, 15) is 14.4 Å². The molecule has 0 rings (SSSR count). The summed E-state index contributed by atoms with van der Waals surface area (Å²) in [4.78, 5) is 29.2. The predicted molar refractivity (Wildman–Crippen MR) is 65.6 cm³/mol. The molecule has 110 valence electrons. The Morgan fingerprint density at radius 2 is 1.37 bits per heavy atom. The van der Waals surface area contributed by atoms with Crippen molar-refractivity contribution in [3.63, 3.8) is 0 Å². The normalized spacial score (nSPS) is 12.4. The molecular formula is C11H20NO7+. The molecule has 0 spiro atoms. The van der Waals surface area contributed by atoms with Crippen LogP contribution in [-0.2, 0) is 14.4 Å². The number of carboxylic acid groups (broad SMARTS) is 3. The molecule has 0 saturated heterocycles. The van der Waals surface area contributed by atoms with Crippen LogP contribution < -0.4 is 0 Å². The van der Waals surface area contributed by atoms with E-state index in [0.717, 1.165) is 0 Å². The minimum atomic E-state index is -1.26. The first-order valence-corrected chi connectivity index (χ1v) is 5.28. The molecule has 0 heterocycles. The summed E-state index contributed by atoms with van der Waals surface area (Å²) < 4.78 is 0.578. The number of hydrogen-bond donors (Lipinski definition) is 4. The van der Waals surface area contributed by atoms with E-state index in [1.54, 1.807) is 0 Å². The van der Waals surface area contributed by atoms with Crippen molar-refractivity contribution < 1.29 is 39.3 Å². The molecule has 0 aromatic rings. The summed E-state index contributed by atoms with van der Waals surface area (Å²) in [6, 6.07) is 0. The molecule has 8 nitrogen and oxygen atoms in total. The van der Waals surface area contributed by atoms with Gasteiger partial charge >= 0.3 is 17.9 Å². The van der Waals surface area contributed by atoms with Crippen LogP contribution in [0.25, 0.3) is 0 Å². The van der Waals surface area contributed by atoms with Crippen molar-refractivity contribution in [1.29, 1.82) is 0 Å². The quantitative estimate of drug-likeness (QED) is 0.371. The smallest absolute Gasteiger partial charge is 0.328 e. The molecule has 8 heteroatoms. The molecule has 1 unspecified atom stereocenters. The molecule has 0 fully saturated rings. The molecule has 19 heavy (non-hydrogen) atoms. The van der Waals surface area contributed by atoms with E-state index in [1.165, 1.54) is 0 Å². The number of nitrogens with zero attached hydrogens (tertiary/aromatic N) is 1. The summed E-state index contributed by atoms with van der Waals surface area (Å²) >= 11 is 0. The van der Waals surface area contributed by atoms with E-state index >= 15 is 0 Å². The van der Waals surface area contributed by atoms with Crippen LogP contribution in [-0.4, -0.2) is 76.6 Å². The second-order valence-electron chi connectivity index (χ2n) is 4.73. The first-order chi connectivity index (χ1) is 8.44. The number of aliphatic hydroxyl groups excluding tert-OH is 1. The van der Waals surface area contributed by atoms with Crippen LogP contribution in [0, 0.1) is 0 Å². The summed E-state index contributed by atoms with van der Waals surface area (Å²) in [5.74, 6) is -3.47. The van der Waals surface area contributed by atoms with Crippen LogP contribution in [0.2, 0.25) is 0 Å². The molecule has 0 saturated carbocycles. The Labute approximate surface area is 110 Å². The van der Waals surface area contributed by atoms with Gasteiger partial charge in [0.2, 0.25) is 0 Å². The molecule has 4 N–H and O–H groups in total. The fraction of sp³-hybridized carbons (Fsp3) is 0.545. The lowest BCUT2D eigenvalue weighted by Crippen LogP contribution is -2.42. The van der Waals surface area contributed by atoms with Crippen LogP contribution in [0.4, 0.5) is 0 Å². The molecule has 1 atom stereocenters. The van der Waals surface area contributed by atoms with Crippen LogP contribution >= 0.6 is 0 Å². The Hall–Kier alpha value is -1.93. The molecule has 0 aliphatic rings. The Bertz CT molecular complexity index is 327. The number of aliphatic carboxylic acids is 3. The molecule has 0 aromatic carbocycles. The fourth-order valence-electron chi connectivity index (χ4n) is 1.04. The van der Waals surface area contributed by atoms with Gasteiger partial charge in [-0.25, -0.2) is 9.59 Å². The first-order valence-electron chi connectivity index (χ1n) is 5.28. The van der Waals surface area contributed by atoms with Gasteiger partial charge in [-0.3, -0.25) is 4.79 Å². The molecular weight excluding hydrogens is 258 g/mol. The lowest BCUT2D eigenvalue weighted by molar-refractivity contribution is -0.873. The van der Waals surface area contributed by atoms with Gasteiger partial charge in [0.05, 0.1) is 27.6 Å². The van der Waals surface area contributed by atoms with Gasteiger partial charge in [0.15, 0.2) is 0 Å². The number of likely N-dealkylation sites (N-methyl/N-ethyl adjacent to an activating group) is 1. The molecule has 0 aliphatic heterocycles. The second-order valence-corrected chi connectivity index (χ2v) is 4.73. The average molecular weight is 278 g/mol. The fourth-order valence-corrected chi connectivity index (χ4v) is 1.04. The van der Waals surface area contributed by atoms with Crippen molar-refractivity contribution in [3.8, 4) is 0 Å². The van der Waals surface area contributed by atoms with Crippen molar-refractivity contribution >= 4 is 17.9 Å². The number of rotatable bonds is 6. The maximum Gasteiger partial charge on any atom is 0.328 e. The zero-order valence-electron chi connectivity index (χ0n) is 11.1. The highest BCUT2D eigenvalue weighted by atomic mass is 16.4. The Balaban J connectivity index is 0. The van der Waals surface area contributed by atoms with Gasteiger partial charge in [-0.1, -0.05) is 0 Å². The van der Waals surface area contributed by atoms with E-state index in [-0.39, 0.29) is 6.42 Å². The van der Waals surface area contributed by atoms with Crippen LogP contribution in [0.1, 0.15) is 6.42 Å². The highest BCUT2D eigenvalue weighted by Gasteiger charge is 2.17. The van der Waals surface area contributed by atoms with Crippen LogP contribution in [0.15, 0.2) is 12.2 Å². The van der Waals surface area contributed by atoms with Gasteiger partial charge in [-0.15, -0.1) is 0 Å². The van der Waals surface area contributed by atoms with Crippen molar-refractivity contribution in [3.05, 3.63) is 12.2 Å². The molecule has 0 radical (unpaired) electrons. The third kappa shape index (κ3) is 21.8. The van der Waals surface area contributed by atoms with Crippen molar-refractivity contribution in [1.82, 2.24) is 0 Å². The molecule has 0 aromatic heterocycles. The molecule has 0 bridgehead atoms. The summed E-state index contributed by atoms with van der Waals surface area (Å²) in [6.45, 7) is 0.465. The molecule has 0 aliphatic carbocycles. The number of carbonyl (C=O) groups is 3. The second kappa shape index (κ2) is 9.06. The Morgan fingerprint density at radius 1 is 1.00 bits per heavy atom. The first kappa shape index (κ1) is 19.4. The standard InChI is InChI=1S/C7H15NO3.C4H4O4/c1-8(2,3)5-6(9)4-7(10)11;5-3(6)1-2-4(7)8/h6,9H,4-5H2,1-3H3;1-2H,(H,5,6)(H,7,8)/p+1/b;2-1-. The monoisotopic (exact) mass is 278 g/mol. The van der Waals surface area contributed by atoms with Gasteiger partial charge in [-0.05, 0) is 0 Å². The minimum absolute atomic E-state index is 0.171. The van der Waals surface area contributed by atoms with Gasteiger partial charge in [0, 0.05) is 12.2 Å². The Morgan fingerprint density at radius 3 is 1.58 bits per heavy atom. The number of hydrogen-bond acceptors (Lipinski definition) is 4. The van der Waals surface area contributed by atoms with E-state index in [2.05, 4.69) is 0 Å². The van der Waals surface area contributed by atoms with Crippen molar-refractivity contribution in [2.75, 3.05) is 27.7 Å². The topological polar surface area (TPSA) is 132 Å². The third-order valence-corrected chi connectivity index (χ3v) is 1.54. The van der Waals surface area contributed by atoms with Crippen molar-refractivity contribution in [2.45, 2.75) is 12.5 Å². The van der Waals surface area contributed by atoms with Gasteiger partial charge in [0.25, 0.3) is 0 Å². The van der Waals surface area contributed by atoms with E-state index < -0.39 is 24.0 Å². The zero-order valence-corrected chi connectivity index (χ0v) is 11.1. The number of carboxylic acids is 3. The maximum absolute atomic E-state index is 10.1. The summed E-state index contributed by atoms with van der Waals surface area (Å²) in [6.07, 6.45) is 0.202. The van der Waals surface area contributed by atoms with Crippen LogP contribution in [0.3, 0.4) is 0 Å². The lowest BCUT2D eigenvalue weighted by Gasteiger charge is -2.25. The summed E-state index contributed by atoms with van der Waals surface area (Å²) in [7, 11) is 5.72. The van der Waals surface area contributed by atoms with Crippen molar-refractivity contribution in [2.24, 2.45) is 0 Å². The SMILES string of the molecule is C[N+](C)(C)CC(O)CC(=O)O.O=C(O)/C=C\C(=O)O. The lowest BCUT2D eigenvalue weighted by atomic mass is 10.2. The average Bonchev–Trinajstić information content (AvgIpc) is 2.10. The highest BCUT2D eigenvalue weighted by molar-refractivity contribution is 5.89. The molecule has 0 amide bonds. The van der Waals surface area contributed by atoms with Gasteiger partial charge in [0.1, 0.15) is 12.6 Å². The summed E-state index contributed by atoms with van der Waals surface area (Å²) in [5, 5.41) is 33.1. The van der Waals surface area contributed by atoms with Crippen LogP contribution in [0.5, 0.6) is 0 Å². The van der Waals surface area contributed by atoms with Gasteiger partial charge < -0.3 is 24.9 Å². The largest absolute Gasteiger partial charge is 0.481 e. The maximum atomic E-state index is 10.1. The highest BCUT2D eigenvalue weighted by Crippen LogP contribution is 1.98. The van der Waals surface area contributed by atoms with E-state index in [0.29, 0.717) is 23.2 Å². The predicted octanol–water partition coefficient (Wildman–Crippen LogP) is -0.760. The minimum Gasteiger partial charge on any atom is -0.481 e. The Kier molecular flexibility index (Phi) is 9.26. The zero-order chi connectivity index (χ0) is 15.6. The number of aliphatic hydroxyl groups is 1.